The summed E-state index contributed by atoms with van der Waals surface area (Å²) in [6, 6.07) is -0.765. The fraction of sp³-hybridized carbons (Fsp3) is 0.636. The highest BCUT2D eigenvalue weighted by molar-refractivity contribution is 5.96. The largest absolute Gasteiger partial charge is 0.481 e. The van der Waals surface area contributed by atoms with E-state index in [0.717, 1.165) is 0 Å². The molecule has 0 aliphatic heterocycles. The fourth-order valence-electron chi connectivity index (χ4n) is 1.10. The number of carbonyl (C=O) groups is 4. The van der Waals surface area contributed by atoms with Crippen LogP contribution in [-0.4, -0.2) is 48.7 Å². The predicted molar refractivity (Wildman–Crippen MR) is 67.6 cm³/mol. The van der Waals surface area contributed by atoms with Crippen molar-refractivity contribution < 1.29 is 29.0 Å². The van der Waals surface area contributed by atoms with E-state index < -0.39 is 29.2 Å². The molecule has 9 heteroatoms. The molecule has 0 aliphatic rings. The zero-order valence-corrected chi connectivity index (χ0v) is 11.4. The zero-order chi connectivity index (χ0) is 15.8. The van der Waals surface area contributed by atoms with E-state index in [2.05, 4.69) is 5.32 Å². The second-order valence-corrected chi connectivity index (χ2v) is 4.69. The Hall–Kier alpha value is -2.16. The van der Waals surface area contributed by atoms with E-state index >= 15 is 0 Å². The molecule has 0 atom stereocenters. The molecule has 0 saturated carbocycles. The van der Waals surface area contributed by atoms with Gasteiger partial charge in [0.2, 0.25) is 11.8 Å². The van der Waals surface area contributed by atoms with Gasteiger partial charge in [0.15, 0.2) is 0 Å². The number of hydrogen-bond donors (Lipinski definition) is 4. The standard InChI is InChI=1S/C11H19N3O6/c1-11(2,9(17)18)5-8(16)14-10(19)13-3-4-20-6-7(12)15/h3-6H2,1-2H3,(H2,12,15)(H,17,18)(H2,13,14,16,19). The number of amides is 4. The second kappa shape index (κ2) is 8.10. The van der Waals surface area contributed by atoms with Crippen molar-refractivity contribution in [3.8, 4) is 0 Å². The summed E-state index contributed by atoms with van der Waals surface area (Å²) in [4.78, 5) is 43.8. The minimum absolute atomic E-state index is 0.0607. The first kappa shape index (κ1) is 17.8. The van der Waals surface area contributed by atoms with Crippen LogP contribution < -0.4 is 16.4 Å². The number of hydrogen-bond acceptors (Lipinski definition) is 5. The van der Waals surface area contributed by atoms with Gasteiger partial charge in [-0.2, -0.15) is 0 Å². The molecule has 0 bridgehead atoms. The van der Waals surface area contributed by atoms with Crippen LogP contribution >= 0.6 is 0 Å². The first-order chi connectivity index (χ1) is 9.15. The Labute approximate surface area is 115 Å². The number of urea groups is 1. The number of primary amides is 1. The molecule has 0 aliphatic carbocycles. The average molecular weight is 289 g/mol. The Morgan fingerprint density at radius 3 is 2.35 bits per heavy atom. The van der Waals surface area contributed by atoms with Crippen LogP contribution in [0.25, 0.3) is 0 Å². The van der Waals surface area contributed by atoms with Crippen molar-refractivity contribution in [3.63, 3.8) is 0 Å². The SMILES string of the molecule is CC(C)(CC(=O)NC(=O)NCCOCC(N)=O)C(=O)O. The van der Waals surface area contributed by atoms with Gasteiger partial charge in [-0.15, -0.1) is 0 Å². The molecule has 0 rings (SSSR count). The van der Waals surface area contributed by atoms with E-state index in [1.54, 1.807) is 0 Å². The summed E-state index contributed by atoms with van der Waals surface area (Å²) < 4.78 is 4.78. The summed E-state index contributed by atoms with van der Waals surface area (Å²) >= 11 is 0. The fourth-order valence-corrected chi connectivity index (χ4v) is 1.10. The Kier molecular flexibility index (Phi) is 7.22. The molecule has 0 heterocycles. The Balaban J connectivity index is 3.89. The lowest BCUT2D eigenvalue weighted by Crippen LogP contribution is -2.43. The van der Waals surface area contributed by atoms with Gasteiger partial charge in [0, 0.05) is 13.0 Å². The minimum atomic E-state index is -1.25. The minimum Gasteiger partial charge on any atom is -0.481 e. The number of rotatable bonds is 8. The van der Waals surface area contributed by atoms with Crippen LogP contribution in [0.15, 0.2) is 0 Å². The summed E-state index contributed by atoms with van der Waals surface area (Å²) in [6.45, 7) is 2.64. The number of carboxylic acid groups (broad SMARTS) is 1. The van der Waals surface area contributed by atoms with Crippen molar-refractivity contribution in [1.29, 1.82) is 0 Å². The zero-order valence-electron chi connectivity index (χ0n) is 11.4. The number of imide groups is 1. The van der Waals surface area contributed by atoms with Gasteiger partial charge < -0.3 is 20.9 Å². The Morgan fingerprint density at radius 2 is 1.85 bits per heavy atom. The third-order valence-electron chi connectivity index (χ3n) is 2.21. The molecule has 9 nitrogen and oxygen atoms in total. The smallest absolute Gasteiger partial charge is 0.321 e. The number of ether oxygens (including phenoxy) is 1. The van der Waals surface area contributed by atoms with Gasteiger partial charge in [0.25, 0.3) is 0 Å². The maximum Gasteiger partial charge on any atom is 0.321 e. The van der Waals surface area contributed by atoms with Crippen LogP contribution in [0.3, 0.4) is 0 Å². The lowest BCUT2D eigenvalue weighted by Gasteiger charge is -2.17. The van der Waals surface area contributed by atoms with Crippen LogP contribution in [0.2, 0.25) is 0 Å². The number of carboxylic acids is 1. The molecular weight excluding hydrogens is 270 g/mol. The number of carbonyl (C=O) groups excluding carboxylic acids is 3. The number of nitrogens with one attached hydrogen (secondary N) is 2. The van der Waals surface area contributed by atoms with E-state index in [-0.39, 0.29) is 26.2 Å². The summed E-state index contributed by atoms with van der Waals surface area (Å²) in [5, 5.41) is 13.1. The summed E-state index contributed by atoms with van der Waals surface area (Å²) in [5.74, 6) is -2.46. The van der Waals surface area contributed by atoms with Crippen molar-refractivity contribution in [2.45, 2.75) is 20.3 Å². The third kappa shape index (κ3) is 8.03. The monoisotopic (exact) mass is 289 g/mol. The molecule has 0 fully saturated rings. The molecule has 0 spiro atoms. The highest BCUT2D eigenvalue weighted by Gasteiger charge is 2.30. The maximum absolute atomic E-state index is 11.4. The van der Waals surface area contributed by atoms with Crippen molar-refractivity contribution >= 4 is 23.8 Å². The molecule has 0 radical (unpaired) electrons. The predicted octanol–water partition coefficient (Wildman–Crippen LogP) is -1.18. The third-order valence-corrected chi connectivity index (χ3v) is 2.21. The number of nitrogens with two attached hydrogens (primary N) is 1. The van der Waals surface area contributed by atoms with Gasteiger partial charge in [-0.1, -0.05) is 0 Å². The van der Waals surface area contributed by atoms with Gasteiger partial charge >= 0.3 is 12.0 Å². The Morgan fingerprint density at radius 1 is 1.25 bits per heavy atom. The topological polar surface area (TPSA) is 148 Å². The molecule has 0 unspecified atom stereocenters. The lowest BCUT2D eigenvalue weighted by molar-refractivity contribution is -0.149. The molecule has 0 aromatic heterocycles. The van der Waals surface area contributed by atoms with Crippen LogP contribution in [0.1, 0.15) is 20.3 Å². The van der Waals surface area contributed by atoms with Gasteiger partial charge in [-0.3, -0.25) is 19.7 Å². The van der Waals surface area contributed by atoms with Crippen molar-refractivity contribution in [2.24, 2.45) is 11.1 Å². The molecule has 0 saturated heterocycles. The van der Waals surface area contributed by atoms with Gasteiger partial charge in [0.1, 0.15) is 6.61 Å². The summed E-state index contributed by atoms with van der Waals surface area (Å²) in [7, 11) is 0. The quantitative estimate of drug-likeness (QED) is 0.413. The normalized spacial score (nSPS) is 10.7. The van der Waals surface area contributed by atoms with E-state index in [9.17, 15) is 19.2 Å². The van der Waals surface area contributed by atoms with Crippen molar-refractivity contribution in [3.05, 3.63) is 0 Å². The Bertz CT molecular complexity index is 394. The maximum atomic E-state index is 11.4. The first-order valence-electron chi connectivity index (χ1n) is 5.82. The molecule has 114 valence electrons. The van der Waals surface area contributed by atoms with Gasteiger partial charge in [-0.25, -0.2) is 4.79 Å². The van der Waals surface area contributed by atoms with E-state index in [4.69, 9.17) is 15.6 Å². The van der Waals surface area contributed by atoms with Gasteiger partial charge in [-0.05, 0) is 13.8 Å². The average Bonchev–Trinajstić information content (AvgIpc) is 2.26. The highest BCUT2D eigenvalue weighted by Crippen LogP contribution is 2.19. The van der Waals surface area contributed by atoms with Crippen LogP contribution in [0.4, 0.5) is 4.79 Å². The van der Waals surface area contributed by atoms with Crippen LogP contribution in [0.5, 0.6) is 0 Å². The highest BCUT2D eigenvalue weighted by atomic mass is 16.5. The lowest BCUT2D eigenvalue weighted by atomic mass is 9.89. The number of aliphatic carboxylic acids is 1. The van der Waals surface area contributed by atoms with E-state index in [1.165, 1.54) is 13.8 Å². The molecule has 0 aromatic rings. The first-order valence-corrected chi connectivity index (χ1v) is 5.82. The van der Waals surface area contributed by atoms with Crippen molar-refractivity contribution in [1.82, 2.24) is 10.6 Å². The second-order valence-electron chi connectivity index (χ2n) is 4.69. The van der Waals surface area contributed by atoms with Gasteiger partial charge in [0.05, 0.1) is 12.0 Å². The molecule has 20 heavy (non-hydrogen) atoms. The summed E-state index contributed by atoms with van der Waals surface area (Å²) in [5.41, 5.74) is 3.57. The van der Waals surface area contributed by atoms with Crippen molar-refractivity contribution in [2.75, 3.05) is 19.8 Å². The summed E-state index contributed by atoms with van der Waals surface area (Å²) in [6.07, 6.45) is -0.325. The molecule has 4 amide bonds. The van der Waals surface area contributed by atoms with Crippen LogP contribution in [-0.2, 0) is 19.1 Å². The van der Waals surface area contributed by atoms with E-state index in [1.807, 2.05) is 5.32 Å². The molecule has 0 aromatic carbocycles. The van der Waals surface area contributed by atoms with E-state index in [0.29, 0.717) is 0 Å². The molecular formula is C11H19N3O6. The molecule has 5 N–H and O–H groups in total. The van der Waals surface area contributed by atoms with Crippen LogP contribution in [0, 0.1) is 5.41 Å².